The van der Waals surface area contributed by atoms with Gasteiger partial charge in [0.2, 0.25) is 10.0 Å². The molecule has 0 radical (unpaired) electrons. The number of sulfonamides is 1. The van der Waals surface area contributed by atoms with Crippen molar-refractivity contribution >= 4 is 21.6 Å². The van der Waals surface area contributed by atoms with Gasteiger partial charge in [0.15, 0.2) is 0 Å². The summed E-state index contributed by atoms with van der Waals surface area (Å²) in [5, 5.41) is 0.301. The van der Waals surface area contributed by atoms with Crippen LogP contribution in [0.1, 0.15) is 32.1 Å². The molecule has 1 aromatic heterocycles. The molecule has 3 N–H and O–H groups in total. The van der Waals surface area contributed by atoms with Gasteiger partial charge in [0.05, 0.1) is 5.02 Å². The second kappa shape index (κ2) is 6.85. The minimum atomic E-state index is -3.62. The van der Waals surface area contributed by atoms with Crippen molar-refractivity contribution in [1.29, 1.82) is 0 Å². The van der Waals surface area contributed by atoms with Gasteiger partial charge in [-0.1, -0.05) is 30.9 Å². The number of nitrogens with zero attached hydrogens (tertiary/aromatic N) is 1. The van der Waals surface area contributed by atoms with Crippen LogP contribution in [-0.2, 0) is 10.0 Å². The van der Waals surface area contributed by atoms with Gasteiger partial charge in [0.25, 0.3) is 0 Å². The maximum atomic E-state index is 12.3. The van der Waals surface area contributed by atoms with E-state index in [1.807, 2.05) is 0 Å². The molecule has 112 valence electrons. The third kappa shape index (κ3) is 3.91. The fraction of sp³-hybridized carbons (Fsp3) is 0.615. The minimum Gasteiger partial charge on any atom is -0.329 e. The molecule has 1 aromatic rings. The number of hydrogen-bond donors (Lipinski definition) is 2. The summed E-state index contributed by atoms with van der Waals surface area (Å²) in [5.74, 6) is 0.315. The Bertz CT molecular complexity index is 544. The Morgan fingerprint density at radius 3 is 2.65 bits per heavy atom. The monoisotopic (exact) mass is 317 g/mol. The molecule has 1 aliphatic rings. The highest BCUT2D eigenvalue weighted by Gasteiger charge is 2.27. The Labute approximate surface area is 125 Å². The summed E-state index contributed by atoms with van der Waals surface area (Å²) in [6.07, 6.45) is 8.25. The van der Waals surface area contributed by atoms with Crippen LogP contribution in [0.4, 0.5) is 0 Å². The van der Waals surface area contributed by atoms with E-state index in [1.54, 1.807) is 0 Å². The molecule has 20 heavy (non-hydrogen) atoms. The smallest absolute Gasteiger partial charge is 0.242 e. The van der Waals surface area contributed by atoms with Crippen molar-refractivity contribution in [3.05, 3.63) is 23.5 Å². The first-order valence-electron chi connectivity index (χ1n) is 6.86. The van der Waals surface area contributed by atoms with E-state index in [4.69, 9.17) is 17.3 Å². The van der Waals surface area contributed by atoms with Crippen LogP contribution in [0.3, 0.4) is 0 Å². The molecule has 0 bridgehead atoms. The van der Waals surface area contributed by atoms with Crippen LogP contribution in [0.15, 0.2) is 23.4 Å². The predicted molar refractivity (Wildman–Crippen MR) is 79.0 cm³/mol. The van der Waals surface area contributed by atoms with Crippen LogP contribution in [0.5, 0.6) is 0 Å². The van der Waals surface area contributed by atoms with E-state index < -0.39 is 10.0 Å². The van der Waals surface area contributed by atoms with E-state index in [0.717, 1.165) is 25.7 Å². The maximum absolute atomic E-state index is 12.3. The van der Waals surface area contributed by atoms with Crippen LogP contribution >= 0.6 is 11.6 Å². The number of halogens is 1. The van der Waals surface area contributed by atoms with Crippen molar-refractivity contribution in [3.8, 4) is 0 Å². The first-order valence-corrected chi connectivity index (χ1v) is 8.72. The highest BCUT2D eigenvalue weighted by Crippen LogP contribution is 2.27. The molecule has 1 fully saturated rings. The van der Waals surface area contributed by atoms with Gasteiger partial charge in [-0.05, 0) is 24.8 Å². The van der Waals surface area contributed by atoms with Crippen LogP contribution in [-0.4, -0.2) is 26.0 Å². The number of rotatable bonds is 5. The molecule has 0 aromatic carbocycles. The molecule has 1 aliphatic carbocycles. The fourth-order valence-corrected chi connectivity index (χ4v) is 4.22. The maximum Gasteiger partial charge on any atom is 0.242 e. The van der Waals surface area contributed by atoms with Gasteiger partial charge in [-0.2, -0.15) is 0 Å². The van der Waals surface area contributed by atoms with E-state index in [2.05, 4.69) is 9.71 Å². The van der Waals surface area contributed by atoms with Crippen molar-refractivity contribution in [2.75, 3.05) is 6.54 Å². The van der Waals surface area contributed by atoms with Crippen molar-refractivity contribution in [2.45, 2.75) is 43.0 Å². The molecule has 2 rings (SSSR count). The number of nitrogens with two attached hydrogens (primary N) is 1. The molecule has 7 heteroatoms. The molecule has 1 unspecified atom stereocenters. The summed E-state index contributed by atoms with van der Waals surface area (Å²) in [6, 6.07) is 1.17. The fourth-order valence-electron chi connectivity index (χ4n) is 2.68. The number of pyridine rings is 1. The van der Waals surface area contributed by atoms with Crippen LogP contribution < -0.4 is 10.5 Å². The molecular formula is C13H20ClN3O2S. The summed E-state index contributed by atoms with van der Waals surface area (Å²) in [4.78, 5) is 3.90. The Morgan fingerprint density at radius 2 is 2.05 bits per heavy atom. The lowest BCUT2D eigenvalue weighted by molar-refractivity contribution is 0.294. The predicted octanol–water partition coefficient (Wildman–Crippen LogP) is 1.92. The van der Waals surface area contributed by atoms with Crippen molar-refractivity contribution in [3.63, 3.8) is 0 Å². The second-order valence-electron chi connectivity index (χ2n) is 5.20. The van der Waals surface area contributed by atoms with E-state index in [-0.39, 0.29) is 10.9 Å². The van der Waals surface area contributed by atoms with Gasteiger partial charge < -0.3 is 5.73 Å². The highest BCUT2D eigenvalue weighted by atomic mass is 35.5. The highest BCUT2D eigenvalue weighted by molar-refractivity contribution is 7.89. The Morgan fingerprint density at radius 1 is 1.35 bits per heavy atom. The SMILES string of the molecule is NCC(NS(=O)(=O)c1cncc(Cl)c1)C1CCCCC1. The van der Waals surface area contributed by atoms with E-state index in [1.165, 1.54) is 24.9 Å². The van der Waals surface area contributed by atoms with Crippen LogP contribution in [0.2, 0.25) is 5.02 Å². The number of hydrogen-bond acceptors (Lipinski definition) is 4. The normalized spacial score (nSPS) is 18.9. The second-order valence-corrected chi connectivity index (χ2v) is 7.35. The molecule has 1 heterocycles. The van der Waals surface area contributed by atoms with Crippen LogP contribution in [0.25, 0.3) is 0 Å². The van der Waals surface area contributed by atoms with E-state index in [0.29, 0.717) is 17.5 Å². The van der Waals surface area contributed by atoms with Gasteiger partial charge in [0.1, 0.15) is 4.90 Å². The Hall–Kier alpha value is -0.690. The Kier molecular flexibility index (Phi) is 5.37. The van der Waals surface area contributed by atoms with Crippen molar-refractivity contribution < 1.29 is 8.42 Å². The molecule has 0 spiro atoms. The molecular weight excluding hydrogens is 298 g/mol. The molecule has 5 nitrogen and oxygen atoms in total. The van der Waals surface area contributed by atoms with Crippen molar-refractivity contribution in [1.82, 2.24) is 9.71 Å². The minimum absolute atomic E-state index is 0.0826. The zero-order chi connectivity index (χ0) is 14.6. The lowest BCUT2D eigenvalue weighted by Crippen LogP contribution is -2.45. The number of aromatic nitrogens is 1. The Balaban J connectivity index is 2.13. The summed E-state index contributed by atoms with van der Waals surface area (Å²) >= 11 is 5.79. The van der Waals surface area contributed by atoms with Crippen LogP contribution in [0, 0.1) is 5.92 Å². The molecule has 0 saturated heterocycles. The van der Waals surface area contributed by atoms with E-state index in [9.17, 15) is 8.42 Å². The topological polar surface area (TPSA) is 85.1 Å². The quantitative estimate of drug-likeness (QED) is 0.869. The average Bonchev–Trinajstić information content (AvgIpc) is 2.46. The zero-order valence-corrected chi connectivity index (χ0v) is 12.8. The summed E-state index contributed by atoms with van der Waals surface area (Å²) in [5.41, 5.74) is 5.75. The molecule has 1 atom stereocenters. The van der Waals surface area contributed by atoms with Gasteiger partial charge in [-0.3, -0.25) is 4.98 Å². The first-order chi connectivity index (χ1) is 9.53. The zero-order valence-electron chi connectivity index (χ0n) is 11.3. The summed E-state index contributed by atoms with van der Waals surface area (Å²) < 4.78 is 27.4. The molecule has 0 aliphatic heterocycles. The number of nitrogens with one attached hydrogen (secondary N) is 1. The van der Waals surface area contributed by atoms with E-state index >= 15 is 0 Å². The first kappa shape index (κ1) is 15.7. The van der Waals surface area contributed by atoms with Gasteiger partial charge in [-0.25, -0.2) is 13.1 Å². The summed E-state index contributed by atoms with van der Waals surface area (Å²) in [6.45, 7) is 0.303. The molecule has 0 amide bonds. The van der Waals surface area contributed by atoms with Gasteiger partial charge in [-0.15, -0.1) is 0 Å². The van der Waals surface area contributed by atoms with Crippen molar-refractivity contribution in [2.24, 2.45) is 11.7 Å². The lowest BCUT2D eigenvalue weighted by Gasteiger charge is -2.29. The van der Waals surface area contributed by atoms with Gasteiger partial charge in [0, 0.05) is 25.0 Å². The summed E-state index contributed by atoms with van der Waals surface area (Å²) in [7, 11) is -3.62. The average molecular weight is 318 g/mol. The third-order valence-electron chi connectivity index (χ3n) is 3.77. The van der Waals surface area contributed by atoms with Gasteiger partial charge >= 0.3 is 0 Å². The molecule has 1 saturated carbocycles. The lowest BCUT2D eigenvalue weighted by atomic mass is 9.84. The largest absolute Gasteiger partial charge is 0.329 e. The third-order valence-corrected chi connectivity index (χ3v) is 5.43. The standard InChI is InChI=1S/C13H20ClN3O2S/c14-11-6-12(9-16-8-11)20(18,19)17-13(7-15)10-4-2-1-3-5-10/h6,8-10,13,17H,1-5,7,15H2.